The van der Waals surface area contributed by atoms with Crippen LogP contribution < -0.4 is 5.32 Å². The van der Waals surface area contributed by atoms with Gasteiger partial charge in [-0.15, -0.1) is 22.7 Å². The molecule has 0 aliphatic carbocycles. The van der Waals surface area contributed by atoms with Crippen LogP contribution in [0.5, 0.6) is 0 Å². The third-order valence-corrected chi connectivity index (χ3v) is 8.49. The number of rotatable bonds is 4. The molecule has 0 aromatic carbocycles. The van der Waals surface area contributed by atoms with E-state index in [2.05, 4.69) is 5.32 Å². The van der Waals surface area contributed by atoms with Crippen LogP contribution in [0, 0.1) is 0 Å². The number of thiophene rings is 2. The first-order valence-electron chi connectivity index (χ1n) is 7.63. The Morgan fingerprint density at radius 2 is 1.35 bits per heavy atom. The molecule has 4 atom stereocenters. The molecule has 10 heteroatoms. The van der Waals surface area contributed by atoms with Crippen molar-refractivity contribution in [2.75, 3.05) is 14.2 Å². The molecule has 2 aromatic rings. The first kappa shape index (κ1) is 19.0. The zero-order valence-corrected chi connectivity index (χ0v) is 16.4. The Morgan fingerprint density at radius 1 is 0.923 bits per heavy atom. The minimum Gasteiger partial charge on any atom is -0.468 e. The molecule has 1 saturated heterocycles. The SMILES string of the molecule is COC(=O)[C@@H]1[C@@H](c2cccs2)N[C@@H](c2cccs2)[C@@H](C(=O)OC)S1(=O)=O. The Labute approximate surface area is 158 Å². The number of hydrogen-bond donors (Lipinski definition) is 1. The molecule has 1 aliphatic rings. The van der Waals surface area contributed by atoms with Gasteiger partial charge < -0.3 is 9.47 Å². The van der Waals surface area contributed by atoms with Crippen molar-refractivity contribution in [3.63, 3.8) is 0 Å². The van der Waals surface area contributed by atoms with E-state index < -0.39 is 44.4 Å². The van der Waals surface area contributed by atoms with Gasteiger partial charge in [0.2, 0.25) is 0 Å². The van der Waals surface area contributed by atoms with Crippen molar-refractivity contribution in [1.29, 1.82) is 0 Å². The van der Waals surface area contributed by atoms with Gasteiger partial charge in [0, 0.05) is 9.75 Å². The van der Waals surface area contributed by atoms with Crippen molar-refractivity contribution in [2.45, 2.75) is 22.6 Å². The van der Waals surface area contributed by atoms with E-state index in [4.69, 9.17) is 9.47 Å². The molecule has 0 radical (unpaired) electrons. The summed E-state index contributed by atoms with van der Waals surface area (Å²) in [5.74, 6) is -1.82. The van der Waals surface area contributed by atoms with E-state index in [1.807, 2.05) is 0 Å². The first-order chi connectivity index (χ1) is 12.4. The molecular formula is C16H17NO6S3. The van der Waals surface area contributed by atoms with E-state index in [0.717, 1.165) is 14.2 Å². The topological polar surface area (TPSA) is 98.8 Å². The maximum absolute atomic E-state index is 13.3. The van der Waals surface area contributed by atoms with Crippen LogP contribution in [0.15, 0.2) is 35.0 Å². The van der Waals surface area contributed by atoms with Crippen LogP contribution in [-0.4, -0.2) is 45.1 Å². The quantitative estimate of drug-likeness (QED) is 0.759. The summed E-state index contributed by atoms with van der Waals surface area (Å²) in [7, 11) is -1.98. The summed E-state index contributed by atoms with van der Waals surface area (Å²) in [4.78, 5) is 26.1. The monoisotopic (exact) mass is 415 g/mol. The van der Waals surface area contributed by atoms with E-state index in [1.165, 1.54) is 22.7 Å². The summed E-state index contributed by atoms with van der Waals surface area (Å²) in [6, 6.07) is 5.40. The lowest BCUT2D eigenvalue weighted by Gasteiger charge is -2.39. The van der Waals surface area contributed by atoms with Crippen LogP contribution in [-0.2, 0) is 28.9 Å². The summed E-state index contributed by atoms with van der Waals surface area (Å²) in [5.41, 5.74) is 0. The van der Waals surface area contributed by atoms with E-state index in [0.29, 0.717) is 9.75 Å². The predicted octanol–water partition coefficient (Wildman–Crippen LogP) is 1.69. The Kier molecular flexibility index (Phi) is 5.47. The standard InChI is InChI=1S/C16H17NO6S3/c1-22-15(18)13-11(9-5-3-7-24-9)17-12(10-6-4-8-25-10)14(16(19)23-2)26(13,20)21/h3-8,11-14,17H,1-2H3/t11-,12+,13-,14-/m0/s1. The highest BCUT2D eigenvalue weighted by molar-refractivity contribution is 7.94. The molecular weight excluding hydrogens is 398 g/mol. The number of esters is 2. The molecule has 26 heavy (non-hydrogen) atoms. The first-order valence-corrected chi connectivity index (χ1v) is 11.0. The maximum Gasteiger partial charge on any atom is 0.326 e. The van der Waals surface area contributed by atoms with Crippen molar-refractivity contribution < 1.29 is 27.5 Å². The van der Waals surface area contributed by atoms with Crippen LogP contribution >= 0.6 is 22.7 Å². The lowest BCUT2D eigenvalue weighted by atomic mass is 10.1. The Balaban J connectivity index is 2.17. The number of carbonyl (C=O) groups excluding carboxylic acids is 2. The predicted molar refractivity (Wildman–Crippen MR) is 97.8 cm³/mol. The van der Waals surface area contributed by atoms with Gasteiger partial charge in [-0.1, -0.05) is 12.1 Å². The van der Waals surface area contributed by atoms with Crippen molar-refractivity contribution >= 4 is 44.4 Å². The molecule has 140 valence electrons. The highest BCUT2D eigenvalue weighted by atomic mass is 32.2. The van der Waals surface area contributed by atoms with Gasteiger partial charge in [0.25, 0.3) is 0 Å². The molecule has 1 N–H and O–H groups in total. The minimum absolute atomic E-state index is 0.675. The Hall–Kier alpha value is -1.75. The number of methoxy groups -OCH3 is 2. The number of nitrogens with one attached hydrogen (secondary N) is 1. The molecule has 7 nitrogen and oxygen atoms in total. The van der Waals surface area contributed by atoms with Gasteiger partial charge in [0.1, 0.15) is 0 Å². The van der Waals surface area contributed by atoms with Gasteiger partial charge in [-0.05, 0) is 22.9 Å². The molecule has 3 heterocycles. The van der Waals surface area contributed by atoms with Gasteiger partial charge in [-0.25, -0.2) is 8.42 Å². The summed E-state index contributed by atoms with van der Waals surface area (Å²) >= 11 is 2.66. The van der Waals surface area contributed by atoms with Crippen molar-refractivity contribution in [3.05, 3.63) is 44.8 Å². The lowest BCUT2D eigenvalue weighted by molar-refractivity contribution is -0.142. The van der Waals surface area contributed by atoms with Gasteiger partial charge in [-0.2, -0.15) is 0 Å². The minimum atomic E-state index is -4.24. The largest absolute Gasteiger partial charge is 0.468 e. The number of carbonyl (C=O) groups is 2. The normalized spacial score (nSPS) is 27.6. The lowest BCUT2D eigenvalue weighted by Crippen LogP contribution is -2.59. The molecule has 0 unspecified atom stereocenters. The van der Waals surface area contributed by atoms with E-state index in [9.17, 15) is 18.0 Å². The van der Waals surface area contributed by atoms with Crippen LogP contribution in [0.3, 0.4) is 0 Å². The summed E-state index contributed by atoms with van der Waals surface area (Å²) in [6.07, 6.45) is 0. The van der Waals surface area contributed by atoms with Crippen molar-refractivity contribution in [2.24, 2.45) is 0 Å². The molecule has 3 rings (SSSR count). The van der Waals surface area contributed by atoms with Crippen LogP contribution in [0.4, 0.5) is 0 Å². The van der Waals surface area contributed by atoms with Crippen LogP contribution in [0.2, 0.25) is 0 Å². The zero-order chi connectivity index (χ0) is 18.9. The summed E-state index contributed by atoms with van der Waals surface area (Å²) < 4.78 is 36.1. The Morgan fingerprint density at radius 3 is 1.65 bits per heavy atom. The molecule has 0 saturated carbocycles. The third kappa shape index (κ3) is 3.18. The van der Waals surface area contributed by atoms with Gasteiger partial charge in [-0.3, -0.25) is 14.9 Å². The maximum atomic E-state index is 13.3. The summed E-state index contributed by atoms with van der Waals surface area (Å²) in [5, 5.41) is 3.71. The molecule has 1 fully saturated rings. The molecule has 0 bridgehead atoms. The fourth-order valence-electron chi connectivity index (χ4n) is 3.08. The van der Waals surface area contributed by atoms with Crippen LogP contribution in [0.25, 0.3) is 0 Å². The smallest absolute Gasteiger partial charge is 0.326 e. The number of hydrogen-bond acceptors (Lipinski definition) is 9. The highest BCUT2D eigenvalue weighted by Crippen LogP contribution is 2.41. The van der Waals surface area contributed by atoms with E-state index in [1.54, 1.807) is 35.0 Å². The second kappa shape index (κ2) is 7.47. The zero-order valence-electron chi connectivity index (χ0n) is 13.9. The van der Waals surface area contributed by atoms with Gasteiger partial charge >= 0.3 is 11.9 Å². The van der Waals surface area contributed by atoms with Gasteiger partial charge in [0.15, 0.2) is 20.3 Å². The highest BCUT2D eigenvalue weighted by Gasteiger charge is 2.57. The van der Waals surface area contributed by atoms with E-state index in [-0.39, 0.29) is 0 Å². The average molecular weight is 416 g/mol. The van der Waals surface area contributed by atoms with Crippen LogP contribution in [0.1, 0.15) is 21.8 Å². The molecule has 1 aliphatic heterocycles. The van der Waals surface area contributed by atoms with Crippen molar-refractivity contribution in [1.82, 2.24) is 5.32 Å². The summed E-state index contributed by atoms with van der Waals surface area (Å²) in [6.45, 7) is 0. The fourth-order valence-corrected chi connectivity index (χ4v) is 7.15. The second-order valence-corrected chi connectivity index (χ2v) is 9.78. The number of ether oxygens (including phenoxy) is 2. The number of sulfone groups is 1. The fraction of sp³-hybridized carbons (Fsp3) is 0.375. The van der Waals surface area contributed by atoms with Gasteiger partial charge in [0.05, 0.1) is 26.3 Å². The molecule has 2 aromatic heterocycles. The molecule has 0 spiro atoms. The van der Waals surface area contributed by atoms with Crippen molar-refractivity contribution in [3.8, 4) is 0 Å². The van der Waals surface area contributed by atoms with E-state index >= 15 is 0 Å². The third-order valence-electron chi connectivity index (χ3n) is 4.24. The average Bonchev–Trinajstić information content (AvgIpc) is 3.32. The molecule has 0 amide bonds. The second-order valence-electron chi connectivity index (χ2n) is 5.63. The Bertz CT molecular complexity index is 809.